The minimum Gasteiger partial charge on any atom is -0.487 e. The van der Waals surface area contributed by atoms with Crippen LogP contribution in [-0.2, 0) is 0 Å². The van der Waals surface area contributed by atoms with Crippen molar-refractivity contribution in [3.63, 3.8) is 0 Å². The van der Waals surface area contributed by atoms with Gasteiger partial charge in [-0.3, -0.25) is 0 Å². The first kappa shape index (κ1) is 28.2. The molecule has 4 N–H and O–H groups in total. The predicted molar refractivity (Wildman–Crippen MR) is 118 cm³/mol. The SMILES string of the molecule is CC(C)(C)Oc1ccccc1C(=O)O.CC(C)(C)Oc1ccccc1C(=O)O.O=C(O)O. The van der Waals surface area contributed by atoms with E-state index >= 15 is 0 Å². The van der Waals surface area contributed by atoms with Crippen LogP contribution in [-0.4, -0.2) is 49.7 Å². The second kappa shape index (κ2) is 12.2. The number of carboxylic acids is 2. The first-order valence-electron chi connectivity index (χ1n) is 9.48. The Bertz CT molecular complexity index is 833. The summed E-state index contributed by atoms with van der Waals surface area (Å²) in [5.74, 6) is -1.12. The molecule has 0 unspecified atom stereocenters. The maximum absolute atomic E-state index is 10.8. The molecule has 0 fully saturated rings. The van der Waals surface area contributed by atoms with Gasteiger partial charge in [-0.1, -0.05) is 24.3 Å². The zero-order valence-electron chi connectivity index (χ0n) is 18.9. The first-order chi connectivity index (χ1) is 14.5. The van der Waals surface area contributed by atoms with Gasteiger partial charge in [0.25, 0.3) is 0 Å². The summed E-state index contributed by atoms with van der Waals surface area (Å²) in [5, 5.41) is 31.7. The highest BCUT2D eigenvalue weighted by Gasteiger charge is 2.18. The molecule has 0 spiro atoms. The number of hydrogen-bond donors (Lipinski definition) is 4. The van der Waals surface area contributed by atoms with E-state index in [1.165, 1.54) is 12.1 Å². The molecule has 2 rings (SSSR count). The molecule has 9 heteroatoms. The first-order valence-corrected chi connectivity index (χ1v) is 9.48. The highest BCUT2D eigenvalue weighted by atomic mass is 16.6. The van der Waals surface area contributed by atoms with Gasteiger partial charge in [-0.25, -0.2) is 14.4 Å². The van der Waals surface area contributed by atoms with Crippen LogP contribution in [0.15, 0.2) is 48.5 Å². The molecular weight excluding hydrogens is 420 g/mol. The zero-order valence-corrected chi connectivity index (χ0v) is 18.9. The molecular formula is C23H30O9. The number of carboxylic acid groups (broad SMARTS) is 4. The van der Waals surface area contributed by atoms with Crippen molar-refractivity contribution in [3.05, 3.63) is 59.7 Å². The molecule has 32 heavy (non-hydrogen) atoms. The predicted octanol–water partition coefficient (Wildman–Crippen LogP) is 5.35. The van der Waals surface area contributed by atoms with Gasteiger partial charge in [0.2, 0.25) is 0 Å². The largest absolute Gasteiger partial charge is 0.503 e. The molecule has 0 amide bonds. The van der Waals surface area contributed by atoms with Crippen molar-refractivity contribution in [1.82, 2.24) is 0 Å². The molecule has 0 aliphatic heterocycles. The fourth-order valence-electron chi connectivity index (χ4n) is 2.12. The standard InChI is InChI=1S/2C11H14O3.CH2O3/c2*1-11(2,3)14-9-7-5-4-6-8(9)10(12)13;2-1(3)4/h2*4-7H,1-3H3,(H,12,13);(H2,2,3,4). The zero-order chi connectivity index (χ0) is 25.1. The number of carbonyl (C=O) groups is 3. The van der Waals surface area contributed by atoms with E-state index in [0.29, 0.717) is 11.5 Å². The number of hydrogen-bond acceptors (Lipinski definition) is 5. The lowest BCUT2D eigenvalue weighted by molar-refractivity contribution is 0.0668. The van der Waals surface area contributed by atoms with Crippen molar-refractivity contribution in [2.75, 3.05) is 0 Å². The van der Waals surface area contributed by atoms with Crippen LogP contribution in [0, 0.1) is 0 Å². The molecule has 2 aromatic carbocycles. The molecule has 2 aromatic rings. The van der Waals surface area contributed by atoms with Crippen LogP contribution in [0.5, 0.6) is 11.5 Å². The number of para-hydroxylation sites is 2. The van der Waals surface area contributed by atoms with Crippen LogP contribution in [0.1, 0.15) is 62.3 Å². The Balaban J connectivity index is 0.000000515. The highest BCUT2D eigenvalue weighted by molar-refractivity contribution is 5.91. The average molecular weight is 450 g/mol. The lowest BCUT2D eigenvalue weighted by Gasteiger charge is -2.22. The second-order valence-corrected chi connectivity index (χ2v) is 8.31. The van der Waals surface area contributed by atoms with Gasteiger partial charge in [0.1, 0.15) is 33.8 Å². The van der Waals surface area contributed by atoms with E-state index in [-0.39, 0.29) is 22.3 Å². The van der Waals surface area contributed by atoms with Crippen molar-refractivity contribution < 1.29 is 44.3 Å². The van der Waals surface area contributed by atoms with Crippen molar-refractivity contribution in [2.45, 2.75) is 52.7 Å². The van der Waals surface area contributed by atoms with E-state index in [0.717, 1.165) is 0 Å². The average Bonchev–Trinajstić information content (AvgIpc) is 2.59. The van der Waals surface area contributed by atoms with E-state index in [4.69, 9.17) is 34.7 Å². The molecule has 0 aliphatic rings. The number of benzene rings is 2. The molecule has 0 aromatic heterocycles. The van der Waals surface area contributed by atoms with E-state index < -0.39 is 18.1 Å². The van der Waals surface area contributed by atoms with Gasteiger partial charge in [0, 0.05) is 0 Å². The van der Waals surface area contributed by atoms with E-state index in [9.17, 15) is 9.59 Å². The van der Waals surface area contributed by atoms with Gasteiger partial charge in [0.05, 0.1) is 0 Å². The van der Waals surface area contributed by atoms with Gasteiger partial charge in [-0.2, -0.15) is 0 Å². The second-order valence-electron chi connectivity index (χ2n) is 8.31. The minimum atomic E-state index is -1.83. The van der Waals surface area contributed by atoms with Crippen LogP contribution in [0.2, 0.25) is 0 Å². The van der Waals surface area contributed by atoms with Gasteiger partial charge < -0.3 is 29.9 Å². The van der Waals surface area contributed by atoms with Crippen LogP contribution in [0.4, 0.5) is 4.79 Å². The molecule has 0 saturated carbocycles. The van der Waals surface area contributed by atoms with Crippen molar-refractivity contribution >= 4 is 18.1 Å². The Morgan fingerprint density at radius 1 is 0.594 bits per heavy atom. The Morgan fingerprint density at radius 2 is 0.844 bits per heavy atom. The van der Waals surface area contributed by atoms with Gasteiger partial charge >= 0.3 is 18.1 Å². The molecule has 0 heterocycles. The van der Waals surface area contributed by atoms with E-state index in [1.54, 1.807) is 36.4 Å². The topological polar surface area (TPSA) is 151 Å². The van der Waals surface area contributed by atoms with Crippen LogP contribution in [0.3, 0.4) is 0 Å². The number of ether oxygens (including phenoxy) is 2. The summed E-state index contributed by atoms with van der Waals surface area (Å²) in [5.41, 5.74) is -0.373. The molecule has 9 nitrogen and oxygen atoms in total. The molecule has 0 radical (unpaired) electrons. The highest BCUT2D eigenvalue weighted by Crippen LogP contribution is 2.23. The van der Waals surface area contributed by atoms with Crippen molar-refractivity contribution in [1.29, 1.82) is 0 Å². The van der Waals surface area contributed by atoms with Gasteiger partial charge in [0.15, 0.2) is 0 Å². The third-order valence-corrected chi connectivity index (χ3v) is 3.07. The van der Waals surface area contributed by atoms with Crippen LogP contribution < -0.4 is 9.47 Å². The maximum Gasteiger partial charge on any atom is 0.503 e. The lowest BCUT2D eigenvalue weighted by atomic mass is 10.1. The Kier molecular flexibility index (Phi) is 10.8. The smallest absolute Gasteiger partial charge is 0.487 e. The summed E-state index contributed by atoms with van der Waals surface area (Å²) < 4.78 is 11.0. The lowest BCUT2D eigenvalue weighted by Crippen LogP contribution is -2.24. The Morgan fingerprint density at radius 3 is 1.06 bits per heavy atom. The summed E-state index contributed by atoms with van der Waals surface area (Å²) in [7, 11) is 0. The Hall–Kier alpha value is -3.75. The summed E-state index contributed by atoms with van der Waals surface area (Å²) in [6.45, 7) is 11.3. The summed E-state index contributed by atoms with van der Waals surface area (Å²) in [6.07, 6.45) is -1.83. The molecule has 176 valence electrons. The molecule has 0 bridgehead atoms. The Labute approximate surface area is 186 Å². The van der Waals surface area contributed by atoms with Crippen molar-refractivity contribution in [2.24, 2.45) is 0 Å². The molecule has 0 aliphatic carbocycles. The third-order valence-electron chi connectivity index (χ3n) is 3.07. The maximum atomic E-state index is 10.8. The summed E-state index contributed by atoms with van der Waals surface area (Å²) >= 11 is 0. The molecule has 0 saturated heterocycles. The molecule has 0 atom stereocenters. The van der Waals surface area contributed by atoms with E-state index in [1.807, 2.05) is 41.5 Å². The normalized spacial score (nSPS) is 10.4. The number of rotatable bonds is 4. The summed E-state index contributed by atoms with van der Waals surface area (Å²) in [6, 6.07) is 13.3. The summed E-state index contributed by atoms with van der Waals surface area (Å²) in [4.78, 5) is 30.2. The van der Waals surface area contributed by atoms with E-state index in [2.05, 4.69) is 0 Å². The quantitative estimate of drug-likeness (QED) is 0.483. The fraction of sp³-hybridized carbons (Fsp3) is 0.348. The van der Waals surface area contributed by atoms with Crippen LogP contribution in [0.25, 0.3) is 0 Å². The van der Waals surface area contributed by atoms with Gasteiger partial charge in [-0.05, 0) is 65.8 Å². The fourth-order valence-corrected chi connectivity index (χ4v) is 2.12. The number of aromatic carboxylic acids is 2. The third kappa shape index (κ3) is 12.7. The van der Waals surface area contributed by atoms with Crippen molar-refractivity contribution in [3.8, 4) is 11.5 Å². The minimum absolute atomic E-state index is 0.197. The van der Waals surface area contributed by atoms with Gasteiger partial charge in [-0.15, -0.1) is 0 Å². The van der Waals surface area contributed by atoms with Crippen LogP contribution >= 0.6 is 0 Å². The monoisotopic (exact) mass is 450 g/mol.